The van der Waals surface area contributed by atoms with Gasteiger partial charge in [-0.2, -0.15) is 5.26 Å². The molecule has 0 aliphatic heterocycles. The first-order chi connectivity index (χ1) is 13.1. The molecule has 4 rings (SSSR count). The van der Waals surface area contributed by atoms with Gasteiger partial charge in [-0.1, -0.05) is 0 Å². The smallest absolute Gasteiger partial charge is 0.289 e. The summed E-state index contributed by atoms with van der Waals surface area (Å²) < 4.78 is 6.89. The molecular formula is C20H19BrN4O2. The average Bonchev–Trinajstić information content (AvgIpc) is 3.20. The molecule has 0 bridgehead atoms. The monoisotopic (exact) mass is 426 g/mol. The number of hydrogen-bond donors (Lipinski definition) is 1. The molecule has 1 aromatic carbocycles. The number of benzene rings is 1. The highest BCUT2D eigenvalue weighted by molar-refractivity contribution is 9.10. The predicted molar refractivity (Wildman–Crippen MR) is 102 cm³/mol. The van der Waals surface area contributed by atoms with Gasteiger partial charge < -0.3 is 10.1 Å². The molecule has 27 heavy (non-hydrogen) atoms. The number of aromatic nitrogens is 2. The van der Waals surface area contributed by atoms with Crippen molar-refractivity contribution < 1.29 is 9.53 Å². The van der Waals surface area contributed by atoms with Crippen molar-refractivity contribution >= 4 is 21.8 Å². The van der Waals surface area contributed by atoms with Gasteiger partial charge in [0.2, 0.25) is 5.82 Å². The predicted octanol–water partition coefficient (Wildman–Crippen LogP) is 3.48. The van der Waals surface area contributed by atoms with Crippen LogP contribution in [-0.4, -0.2) is 28.0 Å². The highest BCUT2D eigenvalue weighted by atomic mass is 79.9. The Hall–Kier alpha value is -2.46. The molecule has 7 heteroatoms. The van der Waals surface area contributed by atoms with Crippen molar-refractivity contribution in [2.45, 2.75) is 37.8 Å². The lowest BCUT2D eigenvalue weighted by atomic mass is 10.0. The first-order valence-electron chi connectivity index (χ1n) is 9.06. The number of nitriles is 1. The quantitative estimate of drug-likeness (QED) is 0.808. The molecule has 1 heterocycles. The number of amides is 1. The first kappa shape index (κ1) is 17.9. The summed E-state index contributed by atoms with van der Waals surface area (Å²) in [7, 11) is 0. The first-order valence-corrected chi connectivity index (χ1v) is 9.86. The molecule has 2 aliphatic rings. The fourth-order valence-corrected chi connectivity index (χ4v) is 4.74. The van der Waals surface area contributed by atoms with E-state index < -0.39 is 0 Å². The summed E-state index contributed by atoms with van der Waals surface area (Å²) in [6, 6.07) is 9.49. The largest absolute Gasteiger partial charge is 0.490 e. The van der Waals surface area contributed by atoms with Crippen molar-refractivity contribution in [1.82, 2.24) is 15.3 Å². The Labute approximate surface area is 166 Å². The molecule has 1 amide bonds. The van der Waals surface area contributed by atoms with Gasteiger partial charge in [0.05, 0.1) is 11.7 Å². The molecule has 2 aromatic rings. The molecule has 0 saturated heterocycles. The van der Waals surface area contributed by atoms with E-state index in [1.165, 1.54) is 0 Å². The number of hydrogen-bond acceptors (Lipinski definition) is 5. The molecule has 0 radical (unpaired) electrons. The number of carbonyl (C=O) groups excluding carboxylic acids is 1. The zero-order chi connectivity index (χ0) is 18.8. The zero-order valence-corrected chi connectivity index (χ0v) is 16.2. The molecule has 2 saturated carbocycles. The third-order valence-corrected chi connectivity index (χ3v) is 6.10. The minimum absolute atomic E-state index is 0.182. The number of halogens is 1. The molecule has 2 atom stereocenters. The second-order valence-corrected chi connectivity index (χ2v) is 8.05. The van der Waals surface area contributed by atoms with Crippen LogP contribution < -0.4 is 10.1 Å². The van der Waals surface area contributed by atoms with Crippen LogP contribution in [0, 0.1) is 23.2 Å². The summed E-state index contributed by atoms with van der Waals surface area (Å²) in [4.78, 5) is 20.2. The third-order valence-electron chi connectivity index (χ3n) is 5.44. The Kier molecular flexibility index (Phi) is 5.08. The van der Waals surface area contributed by atoms with Crippen molar-refractivity contribution in [3.8, 4) is 11.8 Å². The van der Waals surface area contributed by atoms with Gasteiger partial charge in [0, 0.05) is 22.9 Å². The Bertz CT molecular complexity index is 869. The van der Waals surface area contributed by atoms with Crippen molar-refractivity contribution in [2.75, 3.05) is 0 Å². The lowest BCUT2D eigenvalue weighted by Gasteiger charge is -2.18. The molecule has 1 aromatic heterocycles. The standard InChI is InChI=1S/C20H19BrN4O2/c21-18-10-16(3-2-12(18)11-22)27-17-8-13-6-15(7-14(13)9-17)25-20(26)19-23-4-1-5-24-19/h1-5,10,13-15,17H,6-9H2,(H,25,26). The van der Waals surface area contributed by atoms with Gasteiger partial charge in [0.1, 0.15) is 11.8 Å². The summed E-state index contributed by atoms with van der Waals surface area (Å²) >= 11 is 3.40. The Balaban J connectivity index is 1.30. The maximum absolute atomic E-state index is 12.2. The van der Waals surface area contributed by atoms with Crippen LogP contribution in [0.1, 0.15) is 41.9 Å². The SMILES string of the molecule is N#Cc1ccc(OC2CC3CC(NC(=O)c4ncccn4)CC3C2)cc1Br. The topological polar surface area (TPSA) is 87.9 Å². The van der Waals surface area contributed by atoms with E-state index in [0.717, 1.165) is 35.9 Å². The van der Waals surface area contributed by atoms with Crippen LogP contribution in [0.2, 0.25) is 0 Å². The molecule has 2 aliphatic carbocycles. The van der Waals surface area contributed by atoms with Crippen LogP contribution in [0.5, 0.6) is 5.75 Å². The van der Waals surface area contributed by atoms with E-state index in [4.69, 9.17) is 10.00 Å². The molecule has 2 fully saturated rings. The van der Waals surface area contributed by atoms with Crippen LogP contribution in [0.3, 0.4) is 0 Å². The number of fused-ring (bicyclic) bond motifs is 1. The molecular weight excluding hydrogens is 408 g/mol. The number of rotatable bonds is 4. The fourth-order valence-electron chi connectivity index (χ4n) is 4.29. The minimum Gasteiger partial charge on any atom is -0.490 e. The molecule has 0 spiro atoms. The highest BCUT2D eigenvalue weighted by Crippen LogP contribution is 2.45. The molecule has 1 N–H and O–H groups in total. The van der Waals surface area contributed by atoms with Crippen molar-refractivity contribution in [2.24, 2.45) is 11.8 Å². The third kappa shape index (κ3) is 3.96. The van der Waals surface area contributed by atoms with E-state index in [2.05, 4.69) is 37.3 Å². The maximum Gasteiger partial charge on any atom is 0.289 e. The number of carbonyl (C=O) groups is 1. The number of ether oxygens (including phenoxy) is 1. The van der Waals surface area contributed by atoms with Gasteiger partial charge in [-0.25, -0.2) is 9.97 Å². The summed E-state index contributed by atoms with van der Waals surface area (Å²) in [5.41, 5.74) is 0.603. The van der Waals surface area contributed by atoms with Crippen LogP contribution >= 0.6 is 15.9 Å². The van der Waals surface area contributed by atoms with Crippen molar-refractivity contribution in [1.29, 1.82) is 5.26 Å². The lowest BCUT2D eigenvalue weighted by Crippen LogP contribution is -2.34. The van der Waals surface area contributed by atoms with Gasteiger partial charge in [0.25, 0.3) is 5.91 Å². The fraction of sp³-hybridized carbons (Fsp3) is 0.400. The van der Waals surface area contributed by atoms with Crippen LogP contribution in [-0.2, 0) is 0 Å². The van der Waals surface area contributed by atoms with Crippen molar-refractivity contribution in [3.05, 3.63) is 52.5 Å². The van der Waals surface area contributed by atoms with Crippen molar-refractivity contribution in [3.63, 3.8) is 0 Å². The van der Waals surface area contributed by atoms with Gasteiger partial charge in [-0.05, 0) is 77.7 Å². The Morgan fingerprint density at radius 1 is 1.19 bits per heavy atom. The van der Waals surface area contributed by atoms with Gasteiger partial charge in [-0.3, -0.25) is 4.79 Å². The molecule has 6 nitrogen and oxygen atoms in total. The lowest BCUT2D eigenvalue weighted by molar-refractivity contribution is 0.0924. The van der Waals surface area contributed by atoms with E-state index in [1.807, 2.05) is 12.1 Å². The van der Waals surface area contributed by atoms with E-state index in [-0.39, 0.29) is 23.9 Å². The van der Waals surface area contributed by atoms with Crippen LogP contribution in [0.15, 0.2) is 41.1 Å². The van der Waals surface area contributed by atoms with E-state index in [1.54, 1.807) is 24.5 Å². The summed E-state index contributed by atoms with van der Waals surface area (Å²) in [6.45, 7) is 0. The van der Waals surface area contributed by atoms with Gasteiger partial charge >= 0.3 is 0 Å². The van der Waals surface area contributed by atoms with Gasteiger partial charge in [0.15, 0.2) is 0 Å². The Morgan fingerprint density at radius 2 is 1.89 bits per heavy atom. The molecule has 138 valence electrons. The summed E-state index contributed by atoms with van der Waals surface area (Å²) in [5.74, 6) is 1.95. The molecule has 2 unspecified atom stereocenters. The minimum atomic E-state index is -0.198. The van der Waals surface area contributed by atoms with Crippen LogP contribution in [0.4, 0.5) is 0 Å². The second kappa shape index (κ2) is 7.65. The second-order valence-electron chi connectivity index (χ2n) is 7.20. The highest BCUT2D eigenvalue weighted by Gasteiger charge is 2.43. The number of nitrogens with zero attached hydrogens (tertiary/aromatic N) is 3. The number of nitrogens with one attached hydrogen (secondary N) is 1. The van der Waals surface area contributed by atoms with Gasteiger partial charge in [-0.15, -0.1) is 0 Å². The zero-order valence-electron chi connectivity index (χ0n) is 14.6. The Morgan fingerprint density at radius 3 is 2.52 bits per heavy atom. The van der Waals surface area contributed by atoms with E-state index in [9.17, 15) is 4.79 Å². The summed E-state index contributed by atoms with van der Waals surface area (Å²) in [5, 5.41) is 12.1. The maximum atomic E-state index is 12.2. The van der Waals surface area contributed by atoms with E-state index >= 15 is 0 Å². The summed E-state index contributed by atoms with van der Waals surface area (Å²) in [6.07, 6.45) is 7.28. The van der Waals surface area contributed by atoms with Crippen LogP contribution in [0.25, 0.3) is 0 Å². The average molecular weight is 427 g/mol. The van der Waals surface area contributed by atoms with E-state index in [0.29, 0.717) is 17.4 Å². The normalized spacial score (nSPS) is 26.2.